The monoisotopic (exact) mass is 310 g/mol. The average molecular weight is 310 g/mol. The Morgan fingerprint density at radius 2 is 2.13 bits per heavy atom. The second kappa shape index (κ2) is 7.40. The lowest BCUT2D eigenvalue weighted by atomic mass is 9.98. The fourth-order valence-electron chi connectivity index (χ4n) is 2.62. The molecule has 7 heteroatoms. The largest absolute Gasteiger partial charge is 0.488 e. The molecular formula is C16H18N6O. The van der Waals surface area contributed by atoms with E-state index in [1.54, 1.807) is 6.20 Å². The van der Waals surface area contributed by atoms with Gasteiger partial charge in [0.1, 0.15) is 17.4 Å². The van der Waals surface area contributed by atoms with E-state index in [0.717, 1.165) is 24.3 Å². The first-order valence-electron chi connectivity index (χ1n) is 7.73. The minimum atomic E-state index is 0.255. The summed E-state index contributed by atoms with van der Waals surface area (Å²) in [5.41, 5.74) is 1.11. The Balaban J connectivity index is 1.74. The highest BCUT2D eigenvalue weighted by molar-refractivity contribution is 5.74. The number of aromatic amines is 1. The van der Waals surface area contributed by atoms with E-state index in [0.29, 0.717) is 5.57 Å². The summed E-state index contributed by atoms with van der Waals surface area (Å²) in [6.45, 7) is 0. The lowest BCUT2D eigenvalue weighted by molar-refractivity contribution is 0.156. The van der Waals surface area contributed by atoms with Gasteiger partial charge in [0.15, 0.2) is 0 Å². The van der Waals surface area contributed by atoms with Crippen LogP contribution in [0.3, 0.4) is 0 Å². The summed E-state index contributed by atoms with van der Waals surface area (Å²) in [4.78, 5) is 0. The van der Waals surface area contributed by atoms with Crippen LogP contribution in [0.15, 0.2) is 30.5 Å². The molecular weight excluding hydrogens is 292 g/mol. The first-order chi connectivity index (χ1) is 11.4. The van der Waals surface area contributed by atoms with Crippen molar-refractivity contribution in [3.05, 3.63) is 36.3 Å². The zero-order valence-electron chi connectivity index (χ0n) is 12.7. The third-order valence-corrected chi connectivity index (χ3v) is 3.81. The molecule has 2 aromatic rings. The van der Waals surface area contributed by atoms with Crippen LogP contribution < -0.4 is 10.1 Å². The molecule has 0 aliphatic heterocycles. The van der Waals surface area contributed by atoms with Gasteiger partial charge in [-0.2, -0.15) is 10.5 Å². The lowest BCUT2D eigenvalue weighted by Crippen LogP contribution is -2.20. The number of ether oxygens (including phenoxy) is 1. The Labute approximate surface area is 134 Å². The van der Waals surface area contributed by atoms with Gasteiger partial charge in [0.2, 0.25) is 5.82 Å². The first-order valence-corrected chi connectivity index (χ1v) is 7.73. The number of hydrogen-bond donors (Lipinski definition) is 2. The molecule has 1 aliphatic carbocycles. The Morgan fingerprint density at radius 3 is 2.87 bits per heavy atom. The fourth-order valence-corrected chi connectivity index (χ4v) is 2.62. The highest BCUT2D eigenvalue weighted by Crippen LogP contribution is 2.29. The number of H-pyrrole nitrogens is 1. The van der Waals surface area contributed by atoms with Gasteiger partial charge in [-0.3, -0.25) is 0 Å². The molecule has 1 aliphatic rings. The van der Waals surface area contributed by atoms with Gasteiger partial charge in [0.25, 0.3) is 0 Å². The molecule has 0 atom stereocenters. The van der Waals surface area contributed by atoms with Crippen molar-refractivity contribution in [2.75, 3.05) is 5.32 Å². The second-order valence-corrected chi connectivity index (χ2v) is 5.42. The summed E-state index contributed by atoms with van der Waals surface area (Å²) in [5, 5.41) is 25.7. The Morgan fingerprint density at radius 1 is 1.30 bits per heavy atom. The van der Waals surface area contributed by atoms with Crippen molar-refractivity contribution >= 4 is 11.3 Å². The summed E-state index contributed by atoms with van der Waals surface area (Å²) in [6, 6.07) is 9.76. The number of hydrogen-bond acceptors (Lipinski definition) is 6. The van der Waals surface area contributed by atoms with E-state index in [9.17, 15) is 5.26 Å². The molecule has 1 aromatic heterocycles. The molecule has 0 radical (unpaired) electrons. The van der Waals surface area contributed by atoms with Crippen molar-refractivity contribution in [3.8, 4) is 11.8 Å². The number of allylic oxidation sites excluding steroid dienone is 1. The second-order valence-electron chi connectivity index (χ2n) is 5.42. The van der Waals surface area contributed by atoms with Crippen LogP contribution in [-0.2, 0) is 0 Å². The normalized spacial score (nSPS) is 15.9. The van der Waals surface area contributed by atoms with Gasteiger partial charge in [0, 0.05) is 6.20 Å². The van der Waals surface area contributed by atoms with Gasteiger partial charge in [-0.15, -0.1) is 10.2 Å². The molecule has 1 fully saturated rings. The van der Waals surface area contributed by atoms with E-state index in [-0.39, 0.29) is 11.9 Å². The lowest BCUT2D eigenvalue weighted by Gasteiger charge is -2.24. The molecule has 1 aromatic carbocycles. The van der Waals surface area contributed by atoms with Crippen LogP contribution in [0, 0.1) is 11.3 Å². The molecule has 0 saturated heterocycles. The standard InChI is InChI=1S/C16H18N6O/c17-10-12(16-19-21-22-20-16)11-18-14-8-4-5-9-15(14)23-13-6-2-1-3-7-13/h4-5,8-9,11,13,18H,1-3,6-7H2,(H,19,20,21,22). The SMILES string of the molecule is N#CC(=CNc1ccccc1OC1CCCCC1)c1nn[nH]n1. The number of para-hydroxylation sites is 2. The maximum atomic E-state index is 9.19. The molecule has 1 heterocycles. The molecule has 23 heavy (non-hydrogen) atoms. The predicted molar refractivity (Wildman–Crippen MR) is 85.3 cm³/mol. The molecule has 118 valence electrons. The van der Waals surface area contributed by atoms with Crippen molar-refractivity contribution in [2.24, 2.45) is 0 Å². The summed E-state index contributed by atoms with van der Waals surface area (Å²) in [5.74, 6) is 1.05. The molecule has 3 rings (SSSR count). The molecule has 1 saturated carbocycles. The Bertz CT molecular complexity index is 698. The zero-order chi connectivity index (χ0) is 15.9. The third-order valence-electron chi connectivity index (χ3n) is 3.81. The average Bonchev–Trinajstić information content (AvgIpc) is 3.12. The Hall–Kier alpha value is -2.88. The minimum absolute atomic E-state index is 0.255. The van der Waals surface area contributed by atoms with E-state index in [1.165, 1.54) is 19.3 Å². The van der Waals surface area contributed by atoms with Crippen LogP contribution in [0.5, 0.6) is 5.75 Å². The van der Waals surface area contributed by atoms with E-state index >= 15 is 0 Å². The number of nitrogens with zero attached hydrogens (tertiary/aromatic N) is 4. The predicted octanol–water partition coefficient (Wildman–Crippen LogP) is 2.89. The molecule has 0 spiro atoms. The number of rotatable bonds is 5. The van der Waals surface area contributed by atoms with Crippen molar-refractivity contribution < 1.29 is 4.74 Å². The van der Waals surface area contributed by atoms with Crippen molar-refractivity contribution in [3.63, 3.8) is 0 Å². The van der Waals surface area contributed by atoms with Crippen molar-refractivity contribution in [1.82, 2.24) is 20.6 Å². The fraction of sp³-hybridized carbons (Fsp3) is 0.375. The number of nitrogens with one attached hydrogen (secondary N) is 2. The maximum Gasteiger partial charge on any atom is 0.216 e. The van der Waals surface area contributed by atoms with Gasteiger partial charge in [0.05, 0.1) is 11.8 Å². The van der Waals surface area contributed by atoms with Crippen LogP contribution in [0.2, 0.25) is 0 Å². The topological polar surface area (TPSA) is 99.5 Å². The van der Waals surface area contributed by atoms with Gasteiger partial charge in [-0.05, 0) is 43.0 Å². The number of tetrazole rings is 1. The summed E-state index contributed by atoms with van der Waals surface area (Å²) < 4.78 is 6.12. The first kappa shape index (κ1) is 15.0. The number of nitriles is 1. The van der Waals surface area contributed by atoms with Crippen molar-refractivity contribution in [1.29, 1.82) is 5.26 Å². The van der Waals surface area contributed by atoms with Gasteiger partial charge < -0.3 is 10.1 Å². The van der Waals surface area contributed by atoms with Crippen molar-refractivity contribution in [2.45, 2.75) is 38.2 Å². The van der Waals surface area contributed by atoms with E-state index < -0.39 is 0 Å². The van der Waals surface area contributed by atoms with Gasteiger partial charge in [-0.1, -0.05) is 18.6 Å². The Kier molecular flexibility index (Phi) is 4.84. The number of aromatic nitrogens is 4. The summed E-state index contributed by atoms with van der Waals surface area (Å²) in [7, 11) is 0. The molecule has 7 nitrogen and oxygen atoms in total. The highest BCUT2D eigenvalue weighted by atomic mass is 16.5. The number of anilines is 1. The van der Waals surface area contributed by atoms with Gasteiger partial charge >= 0.3 is 0 Å². The quantitative estimate of drug-likeness (QED) is 0.824. The van der Waals surface area contributed by atoms with Crippen LogP contribution in [-0.4, -0.2) is 26.7 Å². The van der Waals surface area contributed by atoms with Gasteiger partial charge in [-0.25, -0.2) is 0 Å². The van der Waals surface area contributed by atoms with E-state index in [2.05, 4.69) is 25.9 Å². The summed E-state index contributed by atoms with van der Waals surface area (Å²) >= 11 is 0. The van der Waals surface area contributed by atoms with E-state index in [4.69, 9.17) is 4.74 Å². The summed E-state index contributed by atoms with van der Waals surface area (Å²) in [6.07, 6.45) is 7.75. The molecule has 0 amide bonds. The highest BCUT2D eigenvalue weighted by Gasteiger charge is 2.16. The molecule has 0 unspecified atom stereocenters. The smallest absolute Gasteiger partial charge is 0.216 e. The zero-order valence-corrected chi connectivity index (χ0v) is 12.7. The molecule has 2 N–H and O–H groups in total. The maximum absolute atomic E-state index is 9.19. The third kappa shape index (κ3) is 3.86. The number of benzene rings is 1. The van der Waals surface area contributed by atoms with Crippen LogP contribution in [0.4, 0.5) is 5.69 Å². The van der Waals surface area contributed by atoms with E-state index in [1.807, 2.05) is 30.3 Å². The van der Waals surface area contributed by atoms with Crippen LogP contribution in [0.1, 0.15) is 37.9 Å². The molecule has 0 bridgehead atoms. The van der Waals surface area contributed by atoms with Crippen LogP contribution >= 0.6 is 0 Å². The van der Waals surface area contributed by atoms with Crippen LogP contribution in [0.25, 0.3) is 5.57 Å². The minimum Gasteiger partial charge on any atom is -0.488 e.